The second kappa shape index (κ2) is 5.45. The van der Waals surface area contributed by atoms with Gasteiger partial charge in [0.25, 0.3) is 5.69 Å². The van der Waals surface area contributed by atoms with E-state index in [-0.39, 0.29) is 16.1 Å². The average Bonchev–Trinajstić information content (AvgIpc) is 2.71. The van der Waals surface area contributed by atoms with Crippen molar-refractivity contribution >= 4 is 17.3 Å². The third-order valence-electron chi connectivity index (χ3n) is 3.74. The van der Waals surface area contributed by atoms with Gasteiger partial charge < -0.3 is 5.73 Å². The maximum absolute atomic E-state index is 10.7. The van der Waals surface area contributed by atoms with Crippen molar-refractivity contribution in [1.82, 2.24) is 4.90 Å². The number of nitro benzene ring substituents is 1. The SMILES string of the molecule is CC1(CN)CCN(Cc2ccc([N+](=O)[O-])c(Cl)c2)C1. The largest absolute Gasteiger partial charge is 0.330 e. The molecule has 0 bridgehead atoms. The first-order valence-electron chi connectivity index (χ1n) is 6.29. The van der Waals surface area contributed by atoms with E-state index in [1.54, 1.807) is 12.1 Å². The molecule has 0 aliphatic carbocycles. The number of likely N-dealkylation sites (tertiary alicyclic amines) is 1. The Labute approximate surface area is 117 Å². The van der Waals surface area contributed by atoms with Crippen LogP contribution in [0.4, 0.5) is 5.69 Å². The lowest BCUT2D eigenvalue weighted by Gasteiger charge is -2.22. The van der Waals surface area contributed by atoms with Crippen LogP contribution >= 0.6 is 11.6 Å². The highest BCUT2D eigenvalue weighted by Gasteiger charge is 2.32. The molecule has 1 atom stereocenters. The molecule has 1 fully saturated rings. The second-order valence-corrected chi connectivity index (χ2v) is 5.93. The van der Waals surface area contributed by atoms with E-state index in [4.69, 9.17) is 17.3 Å². The zero-order chi connectivity index (χ0) is 14.0. The molecule has 0 amide bonds. The van der Waals surface area contributed by atoms with Gasteiger partial charge in [-0.25, -0.2) is 0 Å². The molecule has 1 aromatic carbocycles. The van der Waals surface area contributed by atoms with E-state index in [0.717, 1.165) is 31.6 Å². The normalized spacial score (nSPS) is 23.7. The molecule has 1 aliphatic heterocycles. The lowest BCUT2D eigenvalue weighted by Crippen LogP contribution is -2.31. The molecule has 1 unspecified atom stereocenters. The van der Waals surface area contributed by atoms with E-state index in [9.17, 15) is 10.1 Å². The fourth-order valence-electron chi connectivity index (χ4n) is 2.48. The summed E-state index contributed by atoms with van der Waals surface area (Å²) in [5.41, 5.74) is 6.92. The molecule has 0 spiro atoms. The molecule has 0 saturated carbocycles. The molecule has 1 aliphatic rings. The monoisotopic (exact) mass is 283 g/mol. The van der Waals surface area contributed by atoms with E-state index >= 15 is 0 Å². The summed E-state index contributed by atoms with van der Waals surface area (Å²) in [5.74, 6) is 0. The second-order valence-electron chi connectivity index (χ2n) is 5.52. The molecular weight excluding hydrogens is 266 g/mol. The number of nitro groups is 1. The van der Waals surface area contributed by atoms with Crippen LogP contribution in [-0.2, 0) is 6.54 Å². The van der Waals surface area contributed by atoms with Crippen molar-refractivity contribution in [2.75, 3.05) is 19.6 Å². The number of rotatable bonds is 4. The van der Waals surface area contributed by atoms with Crippen LogP contribution in [0.15, 0.2) is 18.2 Å². The summed E-state index contributed by atoms with van der Waals surface area (Å²) in [5, 5.41) is 10.9. The Bertz CT molecular complexity index is 495. The molecule has 6 heteroatoms. The van der Waals surface area contributed by atoms with E-state index in [1.807, 2.05) is 0 Å². The lowest BCUT2D eigenvalue weighted by atomic mass is 9.90. The smallest absolute Gasteiger partial charge is 0.287 e. The first kappa shape index (κ1) is 14.2. The van der Waals surface area contributed by atoms with Gasteiger partial charge >= 0.3 is 0 Å². The Morgan fingerprint density at radius 2 is 2.32 bits per heavy atom. The molecule has 19 heavy (non-hydrogen) atoms. The molecule has 0 radical (unpaired) electrons. The van der Waals surface area contributed by atoms with E-state index < -0.39 is 4.92 Å². The van der Waals surface area contributed by atoms with Gasteiger partial charge in [0.1, 0.15) is 5.02 Å². The van der Waals surface area contributed by atoms with E-state index in [0.29, 0.717) is 6.54 Å². The van der Waals surface area contributed by atoms with Gasteiger partial charge in [-0.15, -0.1) is 0 Å². The molecule has 1 heterocycles. The van der Waals surface area contributed by atoms with Crippen molar-refractivity contribution in [3.8, 4) is 0 Å². The maximum atomic E-state index is 10.7. The molecule has 104 valence electrons. The first-order valence-corrected chi connectivity index (χ1v) is 6.66. The van der Waals surface area contributed by atoms with Crippen molar-refractivity contribution in [2.24, 2.45) is 11.1 Å². The number of halogens is 1. The lowest BCUT2D eigenvalue weighted by molar-refractivity contribution is -0.384. The average molecular weight is 284 g/mol. The Morgan fingerprint density at radius 3 is 2.84 bits per heavy atom. The summed E-state index contributed by atoms with van der Waals surface area (Å²) in [6.07, 6.45) is 1.09. The Hall–Kier alpha value is -1.17. The molecule has 2 N–H and O–H groups in total. The third-order valence-corrected chi connectivity index (χ3v) is 4.05. The number of hydrogen-bond donors (Lipinski definition) is 1. The zero-order valence-corrected chi connectivity index (χ0v) is 11.7. The zero-order valence-electron chi connectivity index (χ0n) is 10.9. The van der Waals surface area contributed by atoms with Gasteiger partial charge in [-0.05, 0) is 36.6 Å². The van der Waals surface area contributed by atoms with Crippen LogP contribution < -0.4 is 5.73 Å². The van der Waals surface area contributed by atoms with Crippen LogP contribution in [0.25, 0.3) is 0 Å². The van der Waals surface area contributed by atoms with Crippen LogP contribution in [-0.4, -0.2) is 29.5 Å². The van der Waals surface area contributed by atoms with Crippen molar-refractivity contribution < 1.29 is 4.92 Å². The Balaban J connectivity index is 2.05. The van der Waals surface area contributed by atoms with Crippen molar-refractivity contribution in [1.29, 1.82) is 0 Å². The third kappa shape index (κ3) is 3.23. The van der Waals surface area contributed by atoms with Crippen LogP contribution in [0.1, 0.15) is 18.9 Å². The summed E-state index contributed by atoms with van der Waals surface area (Å²) in [7, 11) is 0. The summed E-state index contributed by atoms with van der Waals surface area (Å²) in [6, 6.07) is 4.91. The first-order chi connectivity index (χ1) is 8.93. The standard InChI is InChI=1S/C13H18ClN3O2/c1-13(8-15)4-5-16(9-13)7-10-2-3-12(17(18)19)11(14)6-10/h2-3,6H,4-5,7-9,15H2,1H3. The summed E-state index contributed by atoms with van der Waals surface area (Å²) in [6.45, 7) is 5.59. The molecular formula is C13H18ClN3O2. The summed E-state index contributed by atoms with van der Waals surface area (Å²) in [4.78, 5) is 12.5. The number of benzene rings is 1. The molecule has 1 saturated heterocycles. The fraction of sp³-hybridized carbons (Fsp3) is 0.538. The van der Waals surface area contributed by atoms with Crippen LogP contribution in [0.5, 0.6) is 0 Å². The van der Waals surface area contributed by atoms with Gasteiger partial charge in [0.2, 0.25) is 0 Å². The van der Waals surface area contributed by atoms with Crippen molar-refractivity contribution in [3.63, 3.8) is 0 Å². The quantitative estimate of drug-likeness (QED) is 0.680. The van der Waals surface area contributed by atoms with E-state index in [1.165, 1.54) is 6.07 Å². The molecule has 1 aromatic rings. The minimum absolute atomic E-state index is 0.0429. The van der Waals surface area contributed by atoms with Crippen molar-refractivity contribution in [3.05, 3.63) is 38.9 Å². The maximum Gasteiger partial charge on any atom is 0.287 e. The minimum Gasteiger partial charge on any atom is -0.330 e. The van der Waals surface area contributed by atoms with Crippen LogP contribution in [0, 0.1) is 15.5 Å². The van der Waals surface area contributed by atoms with Gasteiger partial charge in [0, 0.05) is 19.2 Å². The Morgan fingerprint density at radius 1 is 1.58 bits per heavy atom. The summed E-state index contributed by atoms with van der Waals surface area (Å²) < 4.78 is 0. The van der Waals surface area contributed by atoms with E-state index in [2.05, 4.69) is 11.8 Å². The van der Waals surface area contributed by atoms with Gasteiger partial charge in [-0.2, -0.15) is 0 Å². The van der Waals surface area contributed by atoms with Gasteiger partial charge in [-0.3, -0.25) is 15.0 Å². The number of nitrogens with zero attached hydrogens (tertiary/aromatic N) is 2. The van der Waals surface area contributed by atoms with Gasteiger partial charge in [0.05, 0.1) is 4.92 Å². The Kier molecular flexibility index (Phi) is 4.08. The molecule has 5 nitrogen and oxygen atoms in total. The molecule has 0 aromatic heterocycles. The topological polar surface area (TPSA) is 72.4 Å². The van der Waals surface area contributed by atoms with Crippen LogP contribution in [0.2, 0.25) is 5.02 Å². The van der Waals surface area contributed by atoms with Gasteiger partial charge in [0.15, 0.2) is 0 Å². The number of nitrogens with two attached hydrogens (primary N) is 1. The highest BCUT2D eigenvalue weighted by atomic mass is 35.5. The molecule has 2 rings (SSSR count). The number of hydrogen-bond acceptors (Lipinski definition) is 4. The predicted octanol–water partition coefficient (Wildman–Crippen LogP) is 2.42. The van der Waals surface area contributed by atoms with Gasteiger partial charge in [-0.1, -0.05) is 24.6 Å². The highest BCUT2D eigenvalue weighted by Crippen LogP contribution is 2.31. The fourth-order valence-corrected chi connectivity index (χ4v) is 2.75. The van der Waals surface area contributed by atoms with Crippen LogP contribution in [0.3, 0.4) is 0 Å². The minimum atomic E-state index is -0.465. The van der Waals surface area contributed by atoms with Crippen molar-refractivity contribution in [2.45, 2.75) is 19.9 Å². The predicted molar refractivity (Wildman–Crippen MR) is 75.2 cm³/mol. The highest BCUT2D eigenvalue weighted by molar-refractivity contribution is 6.32. The summed E-state index contributed by atoms with van der Waals surface area (Å²) >= 11 is 5.91.